The van der Waals surface area contributed by atoms with Gasteiger partial charge in [-0.2, -0.15) is 0 Å². The molecular weight excluding hydrogens is 280 g/mol. The van der Waals surface area contributed by atoms with Gasteiger partial charge in [0.1, 0.15) is 0 Å². The maximum atomic E-state index is 6.39. The van der Waals surface area contributed by atoms with E-state index in [1.807, 2.05) is 18.2 Å². The van der Waals surface area contributed by atoms with Crippen LogP contribution in [0.1, 0.15) is 48.8 Å². The molecule has 1 aliphatic rings. The van der Waals surface area contributed by atoms with Crippen molar-refractivity contribution in [3.05, 3.63) is 57.9 Å². The molecule has 3 heteroatoms. The highest BCUT2D eigenvalue weighted by molar-refractivity contribution is 6.30. The molecule has 0 saturated carbocycles. The molecule has 0 aliphatic heterocycles. The molecule has 1 atom stereocenters. The van der Waals surface area contributed by atoms with Crippen LogP contribution in [0.4, 0.5) is 0 Å². The predicted octanol–water partition coefficient (Wildman–Crippen LogP) is 4.47. The van der Waals surface area contributed by atoms with E-state index in [2.05, 4.69) is 37.5 Å². The number of rotatable bonds is 2. The van der Waals surface area contributed by atoms with Gasteiger partial charge in [-0.3, -0.25) is 0 Å². The van der Waals surface area contributed by atoms with E-state index in [0.717, 1.165) is 24.4 Å². The first-order valence-electron chi connectivity index (χ1n) is 7.55. The van der Waals surface area contributed by atoms with Crippen molar-refractivity contribution < 1.29 is 0 Å². The molecule has 112 valence electrons. The normalized spacial score (nSPS) is 20.3. The van der Waals surface area contributed by atoms with Crippen molar-refractivity contribution in [2.75, 3.05) is 0 Å². The van der Waals surface area contributed by atoms with Crippen LogP contribution in [0.25, 0.3) is 0 Å². The number of aromatic nitrogens is 1. The van der Waals surface area contributed by atoms with Gasteiger partial charge in [0.05, 0.1) is 0 Å². The SMILES string of the molecule is Cc1cc2c(n1Cc1cccc(Cl)c1)CC(C)(C)CC2N. The van der Waals surface area contributed by atoms with Gasteiger partial charge >= 0.3 is 0 Å². The van der Waals surface area contributed by atoms with Gasteiger partial charge in [-0.05, 0) is 54.5 Å². The van der Waals surface area contributed by atoms with Crippen molar-refractivity contribution in [1.29, 1.82) is 0 Å². The van der Waals surface area contributed by atoms with Gasteiger partial charge in [0.15, 0.2) is 0 Å². The number of hydrogen-bond donors (Lipinski definition) is 1. The minimum absolute atomic E-state index is 0.156. The van der Waals surface area contributed by atoms with E-state index in [9.17, 15) is 0 Å². The molecule has 0 saturated heterocycles. The Morgan fingerprint density at radius 3 is 2.81 bits per heavy atom. The Bertz CT molecular complexity index is 670. The van der Waals surface area contributed by atoms with Crippen LogP contribution in [0, 0.1) is 12.3 Å². The van der Waals surface area contributed by atoms with Gasteiger partial charge < -0.3 is 10.3 Å². The van der Waals surface area contributed by atoms with Crippen LogP contribution in [0.5, 0.6) is 0 Å². The Hall–Kier alpha value is -1.25. The predicted molar refractivity (Wildman–Crippen MR) is 88.8 cm³/mol. The van der Waals surface area contributed by atoms with Gasteiger partial charge in [0, 0.05) is 29.0 Å². The zero-order valence-corrected chi connectivity index (χ0v) is 13.7. The number of nitrogens with zero attached hydrogens (tertiary/aromatic N) is 1. The van der Waals surface area contributed by atoms with E-state index in [4.69, 9.17) is 17.3 Å². The van der Waals surface area contributed by atoms with Crippen molar-refractivity contribution in [1.82, 2.24) is 4.57 Å². The van der Waals surface area contributed by atoms with Crippen LogP contribution in [0.3, 0.4) is 0 Å². The monoisotopic (exact) mass is 302 g/mol. The quantitative estimate of drug-likeness (QED) is 0.872. The summed E-state index contributed by atoms with van der Waals surface area (Å²) in [5.74, 6) is 0. The average Bonchev–Trinajstić information content (AvgIpc) is 2.66. The van der Waals surface area contributed by atoms with Gasteiger partial charge in [-0.25, -0.2) is 0 Å². The smallest absolute Gasteiger partial charge is 0.0476 e. The molecule has 1 unspecified atom stereocenters. The molecule has 0 amide bonds. The summed E-state index contributed by atoms with van der Waals surface area (Å²) in [7, 11) is 0. The molecule has 2 nitrogen and oxygen atoms in total. The second kappa shape index (κ2) is 5.19. The number of hydrogen-bond acceptors (Lipinski definition) is 1. The zero-order valence-electron chi connectivity index (χ0n) is 13.0. The molecule has 3 rings (SSSR count). The fourth-order valence-corrected chi connectivity index (χ4v) is 3.76. The van der Waals surface area contributed by atoms with Gasteiger partial charge in [0.2, 0.25) is 0 Å². The van der Waals surface area contributed by atoms with Crippen LogP contribution in [0.15, 0.2) is 30.3 Å². The summed E-state index contributed by atoms with van der Waals surface area (Å²) in [6.07, 6.45) is 2.14. The molecule has 1 aromatic carbocycles. The van der Waals surface area contributed by atoms with E-state index in [-0.39, 0.29) is 11.5 Å². The van der Waals surface area contributed by atoms with E-state index < -0.39 is 0 Å². The fraction of sp³-hybridized carbons (Fsp3) is 0.444. The highest BCUT2D eigenvalue weighted by Gasteiger charge is 2.33. The molecule has 0 spiro atoms. The van der Waals surface area contributed by atoms with Gasteiger partial charge in [0.25, 0.3) is 0 Å². The van der Waals surface area contributed by atoms with Crippen LogP contribution < -0.4 is 5.73 Å². The molecule has 0 radical (unpaired) electrons. The summed E-state index contributed by atoms with van der Waals surface area (Å²) < 4.78 is 2.40. The maximum absolute atomic E-state index is 6.39. The Morgan fingerprint density at radius 2 is 2.10 bits per heavy atom. The molecule has 0 bridgehead atoms. The van der Waals surface area contributed by atoms with Crippen LogP contribution in [0.2, 0.25) is 5.02 Å². The summed E-state index contributed by atoms with van der Waals surface area (Å²) in [4.78, 5) is 0. The molecule has 1 aromatic heterocycles. The lowest BCUT2D eigenvalue weighted by Crippen LogP contribution is -2.30. The lowest BCUT2D eigenvalue weighted by molar-refractivity contribution is 0.276. The number of nitrogens with two attached hydrogens (primary N) is 1. The highest BCUT2D eigenvalue weighted by Crippen LogP contribution is 2.41. The van der Waals surface area contributed by atoms with E-state index in [0.29, 0.717) is 0 Å². The Balaban J connectivity index is 2.00. The first-order chi connectivity index (χ1) is 9.85. The first kappa shape index (κ1) is 14.7. The second-order valence-electron chi connectivity index (χ2n) is 7.06. The standard InChI is InChI=1S/C18H23ClN2/c1-12-7-15-16(20)9-18(2,3)10-17(15)21(12)11-13-5-4-6-14(19)8-13/h4-8,16H,9-11,20H2,1-3H3. The van der Waals surface area contributed by atoms with Crippen LogP contribution >= 0.6 is 11.6 Å². The van der Waals surface area contributed by atoms with Crippen molar-refractivity contribution in [2.24, 2.45) is 11.1 Å². The number of benzene rings is 1. The van der Waals surface area contributed by atoms with Crippen LogP contribution in [-0.4, -0.2) is 4.57 Å². The van der Waals surface area contributed by atoms with Crippen molar-refractivity contribution in [3.8, 4) is 0 Å². The Labute approximate surface area is 131 Å². The average molecular weight is 303 g/mol. The second-order valence-corrected chi connectivity index (χ2v) is 7.49. The van der Waals surface area contributed by atoms with E-state index in [1.165, 1.54) is 22.5 Å². The molecule has 2 N–H and O–H groups in total. The number of fused-ring (bicyclic) bond motifs is 1. The summed E-state index contributed by atoms with van der Waals surface area (Å²) in [5, 5.41) is 0.795. The maximum Gasteiger partial charge on any atom is 0.0476 e. The third-order valence-electron chi connectivity index (χ3n) is 4.50. The largest absolute Gasteiger partial charge is 0.344 e. The highest BCUT2D eigenvalue weighted by atomic mass is 35.5. The van der Waals surface area contributed by atoms with Crippen molar-refractivity contribution in [2.45, 2.75) is 46.2 Å². The first-order valence-corrected chi connectivity index (χ1v) is 7.92. The molecule has 1 aliphatic carbocycles. The minimum Gasteiger partial charge on any atom is -0.344 e. The van der Waals surface area contributed by atoms with Gasteiger partial charge in [-0.1, -0.05) is 37.6 Å². The fourth-order valence-electron chi connectivity index (χ4n) is 3.54. The molecule has 0 fully saturated rings. The summed E-state index contributed by atoms with van der Waals surface area (Å²) in [6.45, 7) is 7.65. The summed E-state index contributed by atoms with van der Waals surface area (Å²) >= 11 is 6.11. The van der Waals surface area contributed by atoms with Crippen molar-refractivity contribution in [3.63, 3.8) is 0 Å². The molecule has 2 aromatic rings. The summed E-state index contributed by atoms with van der Waals surface area (Å²) in [5.41, 5.74) is 11.9. The zero-order chi connectivity index (χ0) is 15.2. The Kier molecular flexibility index (Phi) is 3.62. The molecule has 1 heterocycles. The number of halogens is 1. The molecular formula is C18H23ClN2. The lowest BCUT2D eigenvalue weighted by Gasteiger charge is -2.34. The van der Waals surface area contributed by atoms with E-state index in [1.54, 1.807) is 0 Å². The van der Waals surface area contributed by atoms with Crippen LogP contribution in [-0.2, 0) is 13.0 Å². The third-order valence-corrected chi connectivity index (χ3v) is 4.73. The lowest BCUT2D eigenvalue weighted by atomic mass is 9.74. The third kappa shape index (κ3) is 2.88. The topological polar surface area (TPSA) is 30.9 Å². The Morgan fingerprint density at radius 1 is 1.33 bits per heavy atom. The van der Waals surface area contributed by atoms with Gasteiger partial charge in [-0.15, -0.1) is 0 Å². The summed E-state index contributed by atoms with van der Waals surface area (Å²) in [6, 6.07) is 10.5. The minimum atomic E-state index is 0.156. The van der Waals surface area contributed by atoms with Crippen molar-refractivity contribution >= 4 is 11.6 Å². The van der Waals surface area contributed by atoms with E-state index >= 15 is 0 Å². The molecule has 21 heavy (non-hydrogen) atoms. The number of aryl methyl sites for hydroxylation is 1.